The van der Waals surface area contributed by atoms with Crippen LogP contribution in [0.1, 0.15) is 53.4 Å². The number of aromatic nitrogens is 1. The van der Waals surface area contributed by atoms with Gasteiger partial charge in [0.05, 0.1) is 18.8 Å². The number of hydrogen-bond acceptors (Lipinski definition) is 5. The highest BCUT2D eigenvalue weighted by molar-refractivity contribution is 5.91. The average Bonchev–Trinajstić information content (AvgIpc) is 3.42. The van der Waals surface area contributed by atoms with Gasteiger partial charge in [0.2, 0.25) is 5.76 Å². The van der Waals surface area contributed by atoms with Crippen LogP contribution < -0.4 is 15.0 Å². The fraction of sp³-hybridized carbons (Fsp3) is 0.360. The molecule has 2 fully saturated rings. The smallest absolute Gasteiger partial charge is 0.289 e. The largest absolute Gasteiger partial charge is 0.493 e. The van der Waals surface area contributed by atoms with Gasteiger partial charge in [0.25, 0.3) is 5.91 Å². The maximum atomic E-state index is 12.1. The van der Waals surface area contributed by atoms with Gasteiger partial charge in [0.1, 0.15) is 5.75 Å². The van der Waals surface area contributed by atoms with Crippen LogP contribution >= 0.6 is 0 Å². The molecule has 160 valence electrons. The van der Waals surface area contributed by atoms with E-state index in [4.69, 9.17) is 9.15 Å². The van der Waals surface area contributed by atoms with Crippen molar-refractivity contribution in [2.24, 2.45) is 5.92 Å². The average molecular weight is 418 g/mol. The van der Waals surface area contributed by atoms with Gasteiger partial charge < -0.3 is 19.4 Å². The fourth-order valence-electron chi connectivity index (χ4n) is 3.89. The van der Waals surface area contributed by atoms with Gasteiger partial charge in [-0.15, -0.1) is 0 Å². The summed E-state index contributed by atoms with van der Waals surface area (Å²) < 4.78 is 10.9. The first kappa shape index (κ1) is 19.7. The number of hydrogen-bond donors (Lipinski definition) is 1. The molecule has 6 heteroatoms. The van der Waals surface area contributed by atoms with Crippen LogP contribution in [0.4, 0.5) is 5.69 Å². The Morgan fingerprint density at radius 3 is 2.55 bits per heavy atom. The zero-order valence-corrected chi connectivity index (χ0v) is 17.7. The lowest BCUT2D eigenvalue weighted by molar-refractivity contribution is 0.0912. The summed E-state index contributed by atoms with van der Waals surface area (Å²) in [6.45, 7) is 4.84. The molecule has 2 heterocycles. The second-order valence-corrected chi connectivity index (χ2v) is 8.58. The fourth-order valence-corrected chi connectivity index (χ4v) is 3.89. The number of nitrogens with one attached hydrogen (secondary N) is 1. The SMILES string of the molecule is C[C@H](NC(=O)c1cnco1)c1ccc(C2CN(c3ccc(OCC4CC4)cc3)C2)cc1. The summed E-state index contributed by atoms with van der Waals surface area (Å²) >= 11 is 0. The van der Waals surface area contributed by atoms with E-state index in [1.165, 1.54) is 36.7 Å². The lowest BCUT2D eigenvalue weighted by atomic mass is 9.90. The second kappa shape index (κ2) is 8.46. The molecule has 1 saturated heterocycles. The second-order valence-electron chi connectivity index (χ2n) is 8.58. The number of carbonyl (C=O) groups is 1. The normalized spacial score (nSPS) is 17.1. The number of anilines is 1. The number of ether oxygens (including phenoxy) is 1. The van der Waals surface area contributed by atoms with Crippen molar-refractivity contribution in [3.63, 3.8) is 0 Å². The van der Waals surface area contributed by atoms with E-state index >= 15 is 0 Å². The van der Waals surface area contributed by atoms with Crippen molar-refractivity contribution in [1.82, 2.24) is 10.3 Å². The van der Waals surface area contributed by atoms with Gasteiger partial charge in [-0.1, -0.05) is 24.3 Å². The van der Waals surface area contributed by atoms with E-state index in [1.807, 2.05) is 6.92 Å². The van der Waals surface area contributed by atoms with Crippen molar-refractivity contribution >= 4 is 11.6 Å². The summed E-state index contributed by atoms with van der Waals surface area (Å²) in [5.74, 6) is 2.23. The van der Waals surface area contributed by atoms with Crippen molar-refractivity contribution in [2.75, 3.05) is 24.6 Å². The Kier molecular flexibility index (Phi) is 5.37. The molecule has 1 amide bonds. The van der Waals surface area contributed by atoms with Crippen molar-refractivity contribution in [3.05, 3.63) is 78.0 Å². The van der Waals surface area contributed by atoms with Gasteiger partial charge in [-0.2, -0.15) is 0 Å². The van der Waals surface area contributed by atoms with Crippen LogP contribution in [-0.2, 0) is 0 Å². The number of benzene rings is 2. The minimum atomic E-state index is -0.257. The maximum absolute atomic E-state index is 12.1. The van der Waals surface area contributed by atoms with E-state index < -0.39 is 0 Å². The predicted molar refractivity (Wildman–Crippen MR) is 118 cm³/mol. The highest BCUT2D eigenvalue weighted by atomic mass is 16.5. The lowest BCUT2D eigenvalue weighted by Gasteiger charge is -2.41. The first-order chi connectivity index (χ1) is 15.2. The molecule has 5 rings (SSSR count). The van der Waals surface area contributed by atoms with E-state index in [2.05, 4.69) is 63.7 Å². The number of oxazole rings is 1. The molecule has 2 aliphatic rings. The van der Waals surface area contributed by atoms with E-state index in [9.17, 15) is 4.79 Å². The minimum absolute atomic E-state index is 0.106. The van der Waals surface area contributed by atoms with Crippen LogP contribution in [0.5, 0.6) is 5.75 Å². The Hall–Kier alpha value is -3.28. The quantitative estimate of drug-likeness (QED) is 0.582. The molecule has 3 aromatic rings. The molecule has 1 atom stereocenters. The molecule has 1 aliphatic heterocycles. The van der Waals surface area contributed by atoms with Crippen molar-refractivity contribution < 1.29 is 13.9 Å². The maximum Gasteiger partial charge on any atom is 0.289 e. The molecule has 0 bridgehead atoms. The van der Waals surface area contributed by atoms with Crippen molar-refractivity contribution in [2.45, 2.75) is 31.7 Å². The third-order valence-corrected chi connectivity index (χ3v) is 6.18. The topological polar surface area (TPSA) is 67.6 Å². The van der Waals surface area contributed by atoms with Crippen LogP contribution in [0, 0.1) is 5.92 Å². The molecule has 0 unspecified atom stereocenters. The number of nitrogens with zero attached hydrogens (tertiary/aromatic N) is 2. The molecule has 1 aliphatic carbocycles. The molecule has 1 aromatic heterocycles. The summed E-state index contributed by atoms with van der Waals surface area (Å²) in [6, 6.07) is 16.9. The monoisotopic (exact) mass is 417 g/mol. The third-order valence-electron chi connectivity index (χ3n) is 6.18. The molecule has 1 N–H and O–H groups in total. The van der Waals surface area contributed by atoms with E-state index in [1.54, 1.807) is 0 Å². The first-order valence-corrected chi connectivity index (χ1v) is 10.9. The zero-order chi connectivity index (χ0) is 21.2. The van der Waals surface area contributed by atoms with Gasteiger partial charge in [0, 0.05) is 24.7 Å². The molecular weight excluding hydrogens is 390 g/mol. The van der Waals surface area contributed by atoms with Crippen LogP contribution in [0.25, 0.3) is 0 Å². The van der Waals surface area contributed by atoms with Gasteiger partial charge in [-0.05, 0) is 61.1 Å². The number of carbonyl (C=O) groups excluding carboxylic acids is 1. The Morgan fingerprint density at radius 2 is 1.90 bits per heavy atom. The highest BCUT2D eigenvalue weighted by Crippen LogP contribution is 2.34. The van der Waals surface area contributed by atoms with Crippen LogP contribution in [0.2, 0.25) is 0 Å². The molecule has 0 radical (unpaired) electrons. The van der Waals surface area contributed by atoms with Crippen LogP contribution in [0.15, 0.2) is 65.5 Å². The first-order valence-electron chi connectivity index (χ1n) is 10.9. The summed E-state index contributed by atoms with van der Waals surface area (Å²) in [5, 5.41) is 2.94. The van der Waals surface area contributed by atoms with E-state index in [0.29, 0.717) is 5.92 Å². The Bertz CT molecular complexity index is 1010. The van der Waals surface area contributed by atoms with Crippen molar-refractivity contribution in [3.8, 4) is 5.75 Å². The van der Waals surface area contributed by atoms with E-state index in [0.717, 1.165) is 36.9 Å². The predicted octanol–water partition coefficient (Wildman–Crippen LogP) is 4.56. The summed E-state index contributed by atoms with van der Waals surface area (Å²) in [5.41, 5.74) is 3.64. The molecule has 6 nitrogen and oxygen atoms in total. The third kappa shape index (κ3) is 4.58. The van der Waals surface area contributed by atoms with Gasteiger partial charge in [-0.25, -0.2) is 4.98 Å². The summed E-state index contributed by atoms with van der Waals surface area (Å²) in [4.78, 5) is 18.3. The zero-order valence-electron chi connectivity index (χ0n) is 17.7. The molecule has 2 aromatic carbocycles. The lowest BCUT2D eigenvalue weighted by Crippen LogP contribution is -2.45. The number of amides is 1. The summed E-state index contributed by atoms with van der Waals surface area (Å²) in [6.07, 6.45) is 5.30. The van der Waals surface area contributed by atoms with Crippen LogP contribution in [-0.4, -0.2) is 30.6 Å². The van der Waals surface area contributed by atoms with Crippen molar-refractivity contribution in [1.29, 1.82) is 0 Å². The molecule has 31 heavy (non-hydrogen) atoms. The molecule has 1 saturated carbocycles. The Labute approximate surface area is 182 Å². The standard InChI is InChI=1S/C25H27N3O3/c1-17(27-25(29)24-12-26-16-31-24)19-4-6-20(7-5-19)21-13-28(14-21)22-8-10-23(11-9-22)30-15-18-2-3-18/h4-12,16-18,21H,2-3,13-15H2,1H3,(H,27,29)/t17-/m0/s1. The van der Waals surface area contributed by atoms with Gasteiger partial charge >= 0.3 is 0 Å². The van der Waals surface area contributed by atoms with E-state index in [-0.39, 0.29) is 17.7 Å². The van der Waals surface area contributed by atoms with Gasteiger partial charge in [0.15, 0.2) is 6.39 Å². The molecule has 0 spiro atoms. The Balaban J connectivity index is 1.12. The Morgan fingerprint density at radius 1 is 1.16 bits per heavy atom. The minimum Gasteiger partial charge on any atom is -0.493 e. The summed E-state index contributed by atoms with van der Waals surface area (Å²) in [7, 11) is 0. The van der Waals surface area contributed by atoms with Gasteiger partial charge in [-0.3, -0.25) is 4.79 Å². The highest BCUT2D eigenvalue weighted by Gasteiger charge is 2.28. The molecular formula is C25H27N3O3. The number of rotatable bonds is 8. The van der Waals surface area contributed by atoms with Crippen LogP contribution in [0.3, 0.4) is 0 Å².